The monoisotopic (exact) mass is 277 g/mol. The largest absolute Gasteiger partial charge is 0.314 e. The highest BCUT2D eigenvalue weighted by Gasteiger charge is 2.40. The van der Waals surface area contributed by atoms with Crippen LogP contribution in [0.4, 0.5) is 0 Å². The van der Waals surface area contributed by atoms with Gasteiger partial charge in [-0.2, -0.15) is 0 Å². The second-order valence-electron chi connectivity index (χ2n) is 7.94. The van der Waals surface area contributed by atoms with Crippen molar-refractivity contribution in [2.24, 2.45) is 23.7 Å². The summed E-state index contributed by atoms with van der Waals surface area (Å²) in [6.07, 6.45) is 18.2. The Kier molecular flexibility index (Phi) is 5.42. The predicted molar refractivity (Wildman–Crippen MR) is 86.8 cm³/mol. The van der Waals surface area contributed by atoms with E-state index in [4.69, 9.17) is 0 Å². The summed E-state index contributed by atoms with van der Waals surface area (Å²) < 4.78 is 0. The Bertz CT molecular complexity index is 279. The molecule has 2 bridgehead atoms. The molecule has 3 saturated carbocycles. The molecule has 3 aliphatic rings. The first-order valence-corrected chi connectivity index (χ1v) is 9.60. The van der Waals surface area contributed by atoms with Crippen LogP contribution in [-0.4, -0.2) is 12.6 Å². The molecule has 1 heteroatoms. The third-order valence-corrected chi connectivity index (χ3v) is 6.63. The van der Waals surface area contributed by atoms with Gasteiger partial charge in [0.1, 0.15) is 0 Å². The van der Waals surface area contributed by atoms with Crippen LogP contribution in [0.25, 0.3) is 0 Å². The Morgan fingerprint density at radius 2 is 1.65 bits per heavy atom. The van der Waals surface area contributed by atoms with Gasteiger partial charge in [-0.05, 0) is 68.7 Å². The summed E-state index contributed by atoms with van der Waals surface area (Å²) in [6, 6.07) is 0.836. The van der Waals surface area contributed by atoms with Crippen molar-refractivity contribution in [3.63, 3.8) is 0 Å². The highest BCUT2D eigenvalue weighted by atomic mass is 14.9. The van der Waals surface area contributed by atoms with Crippen molar-refractivity contribution in [3.8, 4) is 0 Å². The van der Waals surface area contributed by atoms with Crippen molar-refractivity contribution in [1.82, 2.24) is 5.32 Å². The van der Waals surface area contributed by atoms with Gasteiger partial charge in [-0.25, -0.2) is 0 Å². The average Bonchev–Trinajstić information content (AvgIpc) is 3.00. The SMILES string of the molecule is CCNC(CC1CC2CCC1C2)C1CCCCCCC1. The van der Waals surface area contributed by atoms with Gasteiger partial charge < -0.3 is 5.32 Å². The maximum Gasteiger partial charge on any atom is 0.00979 e. The molecule has 4 unspecified atom stereocenters. The number of hydrogen-bond donors (Lipinski definition) is 1. The zero-order valence-electron chi connectivity index (χ0n) is 13.6. The van der Waals surface area contributed by atoms with Crippen LogP contribution in [0.5, 0.6) is 0 Å². The average molecular weight is 277 g/mol. The molecule has 3 fully saturated rings. The summed E-state index contributed by atoms with van der Waals surface area (Å²) in [5.41, 5.74) is 0. The van der Waals surface area contributed by atoms with E-state index in [1.807, 2.05) is 0 Å². The Morgan fingerprint density at radius 3 is 2.25 bits per heavy atom. The lowest BCUT2D eigenvalue weighted by molar-refractivity contribution is 0.213. The van der Waals surface area contributed by atoms with Gasteiger partial charge in [0, 0.05) is 6.04 Å². The van der Waals surface area contributed by atoms with Crippen molar-refractivity contribution < 1.29 is 0 Å². The first-order valence-electron chi connectivity index (χ1n) is 9.60. The van der Waals surface area contributed by atoms with Gasteiger partial charge in [-0.3, -0.25) is 0 Å². The van der Waals surface area contributed by atoms with E-state index in [1.54, 1.807) is 25.7 Å². The summed E-state index contributed by atoms with van der Waals surface area (Å²) in [6.45, 7) is 3.47. The summed E-state index contributed by atoms with van der Waals surface area (Å²) in [4.78, 5) is 0. The number of rotatable bonds is 5. The summed E-state index contributed by atoms with van der Waals surface area (Å²) in [5, 5.41) is 3.89. The number of nitrogens with one attached hydrogen (secondary N) is 1. The molecule has 0 aromatic carbocycles. The Hall–Kier alpha value is -0.0400. The normalized spacial score (nSPS) is 36.8. The van der Waals surface area contributed by atoms with Crippen LogP contribution in [0.2, 0.25) is 0 Å². The smallest absolute Gasteiger partial charge is 0.00979 e. The van der Waals surface area contributed by atoms with Gasteiger partial charge in [0.2, 0.25) is 0 Å². The molecule has 20 heavy (non-hydrogen) atoms. The van der Waals surface area contributed by atoms with E-state index in [0.29, 0.717) is 0 Å². The summed E-state index contributed by atoms with van der Waals surface area (Å²) >= 11 is 0. The van der Waals surface area contributed by atoms with Crippen LogP contribution in [0.3, 0.4) is 0 Å². The molecular weight excluding hydrogens is 242 g/mol. The van der Waals surface area contributed by atoms with E-state index in [0.717, 1.165) is 29.7 Å². The lowest BCUT2D eigenvalue weighted by Gasteiger charge is -2.33. The Labute approximate surface area is 126 Å². The molecule has 0 aromatic rings. The number of fused-ring (bicyclic) bond motifs is 2. The third-order valence-electron chi connectivity index (χ3n) is 6.63. The van der Waals surface area contributed by atoms with Crippen molar-refractivity contribution in [1.29, 1.82) is 0 Å². The predicted octanol–water partition coefficient (Wildman–Crippen LogP) is 5.15. The Morgan fingerprint density at radius 1 is 0.900 bits per heavy atom. The highest BCUT2D eigenvalue weighted by Crippen LogP contribution is 2.50. The minimum absolute atomic E-state index is 0.836. The fourth-order valence-corrected chi connectivity index (χ4v) is 5.59. The van der Waals surface area contributed by atoms with E-state index in [9.17, 15) is 0 Å². The lowest BCUT2D eigenvalue weighted by Crippen LogP contribution is -2.39. The van der Waals surface area contributed by atoms with E-state index in [1.165, 1.54) is 57.9 Å². The quantitative estimate of drug-likeness (QED) is 0.732. The molecular formula is C19H35N. The van der Waals surface area contributed by atoms with Gasteiger partial charge in [0.25, 0.3) is 0 Å². The molecule has 1 nitrogen and oxygen atoms in total. The topological polar surface area (TPSA) is 12.0 Å². The van der Waals surface area contributed by atoms with Crippen LogP contribution < -0.4 is 5.32 Å². The van der Waals surface area contributed by atoms with E-state index in [2.05, 4.69) is 12.2 Å². The Balaban J connectivity index is 1.56. The first kappa shape index (κ1) is 14.9. The van der Waals surface area contributed by atoms with Gasteiger partial charge in [-0.15, -0.1) is 0 Å². The van der Waals surface area contributed by atoms with Gasteiger partial charge in [0.05, 0.1) is 0 Å². The molecule has 0 aliphatic heterocycles. The first-order chi connectivity index (χ1) is 9.86. The maximum absolute atomic E-state index is 3.89. The number of hydrogen-bond acceptors (Lipinski definition) is 1. The molecule has 3 aliphatic carbocycles. The van der Waals surface area contributed by atoms with E-state index >= 15 is 0 Å². The fourth-order valence-electron chi connectivity index (χ4n) is 5.59. The van der Waals surface area contributed by atoms with Crippen molar-refractivity contribution in [2.45, 2.75) is 90.0 Å². The molecule has 0 heterocycles. The van der Waals surface area contributed by atoms with Crippen LogP contribution in [0.15, 0.2) is 0 Å². The molecule has 0 saturated heterocycles. The molecule has 1 N–H and O–H groups in total. The molecule has 116 valence electrons. The molecule has 4 atom stereocenters. The summed E-state index contributed by atoms with van der Waals surface area (Å²) in [5.74, 6) is 4.27. The molecule has 0 aromatic heterocycles. The van der Waals surface area contributed by atoms with Crippen molar-refractivity contribution >= 4 is 0 Å². The molecule has 0 spiro atoms. The van der Waals surface area contributed by atoms with Crippen molar-refractivity contribution in [3.05, 3.63) is 0 Å². The fraction of sp³-hybridized carbons (Fsp3) is 1.00. The van der Waals surface area contributed by atoms with Gasteiger partial charge in [-0.1, -0.05) is 45.4 Å². The van der Waals surface area contributed by atoms with Crippen LogP contribution >= 0.6 is 0 Å². The highest BCUT2D eigenvalue weighted by molar-refractivity contribution is 4.93. The van der Waals surface area contributed by atoms with Crippen LogP contribution in [0, 0.1) is 23.7 Å². The third kappa shape index (κ3) is 3.59. The lowest BCUT2D eigenvalue weighted by atomic mass is 9.78. The van der Waals surface area contributed by atoms with Crippen LogP contribution in [-0.2, 0) is 0 Å². The standard InChI is InChI=1S/C19H35N/c1-2-20-19(16-8-6-4-3-5-7-9-16)14-18-13-15-10-11-17(18)12-15/h15-20H,2-14H2,1H3. The van der Waals surface area contributed by atoms with Gasteiger partial charge in [0.15, 0.2) is 0 Å². The maximum atomic E-state index is 3.89. The molecule has 0 amide bonds. The van der Waals surface area contributed by atoms with E-state index < -0.39 is 0 Å². The van der Waals surface area contributed by atoms with Crippen LogP contribution in [0.1, 0.15) is 84.0 Å². The zero-order chi connectivity index (χ0) is 13.8. The van der Waals surface area contributed by atoms with Crippen molar-refractivity contribution in [2.75, 3.05) is 6.54 Å². The molecule has 3 rings (SSSR count). The minimum atomic E-state index is 0.836. The minimum Gasteiger partial charge on any atom is -0.314 e. The van der Waals surface area contributed by atoms with E-state index in [-0.39, 0.29) is 0 Å². The summed E-state index contributed by atoms with van der Waals surface area (Å²) in [7, 11) is 0. The molecule has 0 radical (unpaired) electrons. The second-order valence-corrected chi connectivity index (χ2v) is 7.94. The van der Waals surface area contributed by atoms with Gasteiger partial charge >= 0.3 is 0 Å². The second kappa shape index (κ2) is 7.29. The zero-order valence-corrected chi connectivity index (χ0v) is 13.6.